The molecule has 0 spiro atoms. The Labute approximate surface area is 127 Å². The first kappa shape index (κ1) is 15.5. The summed E-state index contributed by atoms with van der Waals surface area (Å²) in [5, 5.41) is 7.34. The molecule has 0 aliphatic carbocycles. The van der Waals surface area contributed by atoms with Gasteiger partial charge in [0.1, 0.15) is 5.02 Å². The molecule has 0 atom stereocenters. The zero-order chi connectivity index (χ0) is 15.2. The van der Waals surface area contributed by atoms with E-state index in [1.54, 1.807) is 25.7 Å². The highest BCUT2D eigenvalue weighted by Crippen LogP contribution is 2.17. The zero-order valence-electron chi connectivity index (χ0n) is 12.0. The zero-order valence-corrected chi connectivity index (χ0v) is 12.7. The van der Waals surface area contributed by atoms with Gasteiger partial charge >= 0.3 is 0 Å². The van der Waals surface area contributed by atoms with E-state index in [4.69, 9.17) is 16.3 Å². The van der Waals surface area contributed by atoms with Gasteiger partial charge in [-0.3, -0.25) is 9.78 Å². The summed E-state index contributed by atoms with van der Waals surface area (Å²) in [6.45, 7) is 3.31. The molecule has 2 heterocycles. The van der Waals surface area contributed by atoms with E-state index in [0.29, 0.717) is 25.4 Å². The van der Waals surface area contributed by atoms with E-state index in [9.17, 15) is 4.79 Å². The molecule has 0 saturated heterocycles. The van der Waals surface area contributed by atoms with Crippen LogP contribution in [-0.4, -0.2) is 28.5 Å². The van der Waals surface area contributed by atoms with Crippen molar-refractivity contribution in [2.24, 2.45) is 0 Å². The van der Waals surface area contributed by atoms with Gasteiger partial charge in [-0.2, -0.15) is 5.10 Å². The predicted molar refractivity (Wildman–Crippen MR) is 81.7 cm³/mol. The number of anilines is 1. The summed E-state index contributed by atoms with van der Waals surface area (Å²) in [6, 6.07) is 1.92. The number of hydrogen-bond acceptors (Lipinski definition) is 5. The minimum atomic E-state index is -0.329. The molecule has 0 unspecified atom stereocenters. The molecule has 0 saturated carbocycles. The van der Waals surface area contributed by atoms with Gasteiger partial charge in [0.05, 0.1) is 25.0 Å². The van der Waals surface area contributed by atoms with Gasteiger partial charge in [0.2, 0.25) is 0 Å². The van der Waals surface area contributed by atoms with Crippen molar-refractivity contribution in [3.63, 3.8) is 0 Å². The summed E-state index contributed by atoms with van der Waals surface area (Å²) in [5.41, 5.74) is 2.35. The Morgan fingerprint density at radius 3 is 2.95 bits per heavy atom. The highest BCUT2D eigenvalue weighted by Gasteiger charge is 2.09. The molecular formula is C14H17ClN4O2. The monoisotopic (exact) mass is 308 g/mol. The number of aromatic nitrogens is 3. The van der Waals surface area contributed by atoms with Crippen LogP contribution >= 0.6 is 11.6 Å². The Bertz CT molecular complexity index is 672. The average molecular weight is 309 g/mol. The lowest BCUT2D eigenvalue weighted by molar-refractivity contribution is 0.182. The van der Waals surface area contributed by atoms with Gasteiger partial charge in [0.15, 0.2) is 0 Å². The fourth-order valence-electron chi connectivity index (χ4n) is 1.82. The lowest BCUT2D eigenvalue weighted by Gasteiger charge is -2.11. The third-order valence-electron chi connectivity index (χ3n) is 3.10. The van der Waals surface area contributed by atoms with Gasteiger partial charge in [0.25, 0.3) is 5.56 Å². The summed E-state index contributed by atoms with van der Waals surface area (Å²) in [5.74, 6) is 0. The van der Waals surface area contributed by atoms with Crippen molar-refractivity contribution in [3.05, 3.63) is 51.2 Å². The molecule has 0 bridgehead atoms. The van der Waals surface area contributed by atoms with Crippen molar-refractivity contribution in [2.45, 2.75) is 20.0 Å². The van der Waals surface area contributed by atoms with Crippen LogP contribution in [0.4, 0.5) is 5.69 Å². The van der Waals surface area contributed by atoms with E-state index in [0.717, 1.165) is 11.1 Å². The minimum absolute atomic E-state index is 0.132. The molecule has 0 aromatic carbocycles. The van der Waals surface area contributed by atoms with Crippen molar-refractivity contribution in [3.8, 4) is 0 Å². The van der Waals surface area contributed by atoms with E-state index < -0.39 is 0 Å². The normalized spacial score (nSPS) is 10.6. The third kappa shape index (κ3) is 3.80. The molecular weight excluding hydrogens is 292 g/mol. The molecule has 7 heteroatoms. The van der Waals surface area contributed by atoms with Gasteiger partial charge in [0, 0.05) is 26.0 Å². The fraction of sp³-hybridized carbons (Fsp3) is 0.357. The molecule has 2 rings (SSSR count). The molecule has 1 N–H and O–H groups in total. The number of methoxy groups -OCH3 is 1. The maximum atomic E-state index is 12.0. The van der Waals surface area contributed by atoms with E-state index in [2.05, 4.69) is 15.4 Å². The van der Waals surface area contributed by atoms with Gasteiger partial charge in [-0.25, -0.2) is 4.68 Å². The number of rotatable bonds is 6. The second-order valence-corrected chi connectivity index (χ2v) is 4.93. The van der Waals surface area contributed by atoms with E-state index in [1.165, 1.54) is 4.68 Å². The molecule has 0 aliphatic rings. The second-order valence-electron chi connectivity index (χ2n) is 4.55. The highest BCUT2D eigenvalue weighted by atomic mass is 35.5. The standard InChI is InChI=1S/C14H17ClN4O2/c1-10-7-16-4-3-11(10)8-17-12-9-18-19(5-6-21-2)14(20)13(12)15/h3-4,7,9,17H,5-6,8H2,1-2H3. The summed E-state index contributed by atoms with van der Waals surface area (Å²) >= 11 is 6.09. The molecule has 2 aromatic rings. The van der Waals surface area contributed by atoms with Crippen LogP contribution in [0.25, 0.3) is 0 Å². The Kier molecular flexibility index (Phi) is 5.30. The minimum Gasteiger partial charge on any atom is -0.383 e. The van der Waals surface area contributed by atoms with Crippen LogP contribution in [0.2, 0.25) is 5.02 Å². The van der Waals surface area contributed by atoms with Crippen LogP contribution in [0.1, 0.15) is 11.1 Å². The Hall–Kier alpha value is -1.92. The number of pyridine rings is 1. The summed E-state index contributed by atoms with van der Waals surface area (Å²) in [6.07, 6.45) is 5.07. The fourth-order valence-corrected chi connectivity index (χ4v) is 2.03. The van der Waals surface area contributed by atoms with E-state index in [1.807, 2.05) is 13.0 Å². The van der Waals surface area contributed by atoms with Crippen molar-refractivity contribution < 1.29 is 4.74 Å². The van der Waals surface area contributed by atoms with Gasteiger partial charge in [-0.05, 0) is 24.1 Å². The maximum absolute atomic E-state index is 12.0. The lowest BCUT2D eigenvalue weighted by atomic mass is 10.1. The molecule has 6 nitrogen and oxygen atoms in total. The SMILES string of the molecule is COCCn1ncc(NCc2ccncc2C)c(Cl)c1=O. The predicted octanol–water partition coefficient (Wildman–Crippen LogP) is 1.86. The van der Waals surface area contributed by atoms with Crippen LogP contribution in [0, 0.1) is 6.92 Å². The largest absolute Gasteiger partial charge is 0.383 e. The Balaban J connectivity index is 2.13. The van der Waals surface area contributed by atoms with Gasteiger partial charge in [-0.1, -0.05) is 11.6 Å². The molecule has 0 fully saturated rings. The quantitative estimate of drug-likeness (QED) is 0.882. The smallest absolute Gasteiger partial charge is 0.287 e. The first-order valence-corrected chi connectivity index (χ1v) is 6.89. The first-order valence-electron chi connectivity index (χ1n) is 6.51. The number of ether oxygens (including phenoxy) is 1. The number of nitrogens with zero attached hydrogens (tertiary/aromatic N) is 3. The molecule has 0 radical (unpaired) electrons. The lowest BCUT2D eigenvalue weighted by Crippen LogP contribution is -2.26. The average Bonchev–Trinajstić information content (AvgIpc) is 2.49. The van der Waals surface area contributed by atoms with Crippen molar-refractivity contribution in [1.82, 2.24) is 14.8 Å². The molecule has 2 aromatic heterocycles. The molecule has 0 amide bonds. The van der Waals surface area contributed by atoms with Crippen LogP contribution in [-0.2, 0) is 17.8 Å². The number of hydrogen-bond donors (Lipinski definition) is 1. The van der Waals surface area contributed by atoms with Crippen LogP contribution in [0.3, 0.4) is 0 Å². The molecule has 21 heavy (non-hydrogen) atoms. The van der Waals surface area contributed by atoms with E-state index >= 15 is 0 Å². The van der Waals surface area contributed by atoms with Crippen LogP contribution in [0.15, 0.2) is 29.5 Å². The third-order valence-corrected chi connectivity index (χ3v) is 3.46. The Morgan fingerprint density at radius 1 is 1.43 bits per heavy atom. The van der Waals surface area contributed by atoms with Gasteiger partial charge < -0.3 is 10.1 Å². The molecule has 0 aliphatic heterocycles. The van der Waals surface area contributed by atoms with Crippen molar-refractivity contribution >= 4 is 17.3 Å². The van der Waals surface area contributed by atoms with Gasteiger partial charge in [-0.15, -0.1) is 0 Å². The molecule has 112 valence electrons. The van der Waals surface area contributed by atoms with Crippen LogP contribution in [0.5, 0.6) is 0 Å². The summed E-state index contributed by atoms with van der Waals surface area (Å²) < 4.78 is 6.21. The topological polar surface area (TPSA) is 69.0 Å². The number of aryl methyl sites for hydroxylation is 1. The highest BCUT2D eigenvalue weighted by molar-refractivity contribution is 6.32. The maximum Gasteiger partial charge on any atom is 0.287 e. The number of nitrogens with one attached hydrogen (secondary N) is 1. The Morgan fingerprint density at radius 2 is 2.24 bits per heavy atom. The van der Waals surface area contributed by atoms with Crippen molar-refractivity contribution in [2.75, 3.05) is 19.0 Å². The summed E-state index contributed by atoms with van der Waals surface area (Å²) in [7, 11) is 1.57. The van der Waals surface area contributed by atoms with Crippen molar-refractivity contribution in [1.29, 1.82) is 0 Å². The second kappa shape index (κ2) is 7.19. The van der Waals surface area contributed by atoms with Crippen LogP contribution < -0.4 is 10.9 Å². The first-order chi connectivity index (χ1) is 10.1. The van der Waals surface area contributed by atoms with E-state index in [-0.39, 0.29) is 10.6 Å². The number of halogens is 1. The summed E-state index contributed by atoms with van der Waals surface area (Å²) in [4.78, 5) is 16.1.